The number of anilines is 1. The Kier molecular flexibility index (Phi) is 1.99. The Morgan fingerprint density at radius 2 is 2.27 bits per heavy atom. The lowest BCUT2D eigenvalue weighted by molar-refractivity contribution is 0.0969. The van der Waals surface area contributed by atoms with Crippen molar-refractivity contribution in [3.63, 3.8) is 0 Å². The van der Waals surface area contributed by atoms with Crippen molar-refractivity contribution in [2.75, 3.05) is 11.4 Å². The molecule has 78 valence electrons. The first-order valence-corrected chi connectivity index (χ1v) is 5.73. The predicted octanol–water partition coefficient (Wildman–Crippen LogP) is 2.90. The fourth-order valence-corrected chi connectivity index (χ4v) is 2.84. The first kappa shape index (κ1) is 9.22. The summed E-state index contributed by atoms with van der Waals surface area (Å²) in [6.07, 6.45) is 3.00. The molecule has 0 spiro atoms. The number of hydrogen-bond acceptors (Lipinski definition) is 2. The molecule has 0 saturated carbocycles. The summed E-state index contributed by atoms with van der Waals surface area (Å²) in [5.74, 6) is 0.246. The Balaban J connectivity index is 2.14. The zero-order chi connectivity index (χ0) is 10.4. The molecule has 2 heterocycles. The first-order valence-electron chi connectivity index (χ1n) is 5.35. The van der Waals surface area contributed by atoms with Crippen LogP contribution in [-0.4, -0.2) is 18.4 Å². The van der Waals surface area contributed by atoms with Crippen LogP contribution in [0.25, 0.3) is 0 Å². The van der Waals surface area contributed by atoms with Crippen LogP contribution in [0.4, 0.5) is 5.69 Å². The van der Waals surface area contributed by atoms with Gasteiger partial charge in [0.2, 0.25) is 0 Å². The summed E-state index contributed by atoms with van der Waals surface area (Å²) in [6.45, 7) is 1.08. The fourth-order valence-electron chi connectivity index (χ4n) is 2.67. The third-order valence-corrected chi connectivity index (χ3v) is 3.60. The van der Waals surface area contributed by atoms with Gasteiger partial charge in [-0.2, -0.15) is 0 Å². The number of carbonyl (C=O) groups excluding carboxylic acids is 1. The Morgan fingerprint density at radius 3 is 3.13 bits per heavy atom. The number of carbonyl (C=O) groups is 1. The number of benzene rings is 1. The topological polar surface area (TPSA) is 20.3 Å². The Morgan fingerprint density at radius 1 is 1.40 bits per heavy atom. The lowest BCUT2D eigenvalue weighted by atomic mass is 9.95. The van der Waals surface area contributed by atoms with Crippen LogP contribution in [0.5, 0.6) is 0 Å². The van der Waals surface area contributed by atoms with Gasteiger partial charge >= 0.3 is 0 Å². The molecule has 0 bridgehead atoms. The van der Waals surface area contributed by atoms with E-state index in [2.05, 4.69) is 4.90 Å². The maximum Gasteiger partial charge on any atom is 0.167 e. The van der Waals surface area contributed by atoms with Crippen molar-refractivity contribution < 1.29 is 4.79 Å². The number of Topliss-reactive ketones (excluding diaryl/α,β-unsaturated/α-hetero) is 1. The van der Waals surface area contributed by atoms with Gasteiger partial charge in [0.25, 0.3) is 0 Å². The van der Waals surface area contributed by atoms with E-state index < -0.39 is 0 Å². The van der Waals surface area contributed by atoms with Crippen molar-refractivity contribution in [3.8, 4) is 0 Å². The smallest absolute Gasteiger partial charge is 0.167 e. The zero-order valence-corrected chi connectivity index (χ0v) is 9.13. The molecule has 0 N–H and O–H groups in total. The molecular weight excluding hydrogens is 210 g/mol. The van der Waals surface area contributed by atoms with E-state index in [9.17, 15) is 4.79 Å². The van der Waals surface area contributed by atoms with Crippen molar-refractivity contribution in [1.82, 2.24) is 0 Å². The van der Waals surface area contributed by atoms with E-state index in [-0.39, 0.29) is 5.78 Å². The second-order valence-corrected chi connectivity index (χ2v) is 4.71. The molecule has 2 aliphatic heterocycles. The molecular formula is C12H12ClNO. The van der Waals surface area contributed by atoms with Crippen LogP contribution in [0.1, 0.15) is 29.6 Å². The van der Waals surface area contributed by atoms with Crippen molar-refractivity contribution in [2.45, 2.75) is 25.3 Å². The normalized spacial score (nSPS) is 23.9. The molecule has 0 radical (unpaired) electrons. The average Bonchev–Trinajstić information content (AvgIpc) is 2.66. The van der Waals surface area contributed by atoms with Gasteiger partial charge in [0, 0.05) is 35.3 Å². The van der Waals surface area contributed by atoms with E-state index in [0.29, 0.717) is 17.5 Å². The van der Waals surface area contributed by atoms with Crippen LogP contribution in [-0.2, 0) is 0 Å². The third-order valence-electron chi connectivity index (χ3n) is 3.37. The van der Waals surface area contributed by atoms with Crippen LogP contribution in [0, 0.1) is 0 Å². The van der Waals surface area contributed by atoms with Gasteiger partial charge in [-0.1, -0.05) is 11.6 Å². The highest BCUT2D eigenvalue weighted by molar-refractivity contribution is 6.31. The largest absolute Gasteiger partial charge is 0.368 e. The van der Waals surface area contributed by atoms with Gasteiger partial charge in [-0.15, -0.1) is 0 Å². The molecule has 2 nitrogen and oxygen atoms in total. The summed E-state index contributed by atoms with van der Waals surface area (Å²) in [7, 11) is 0. The minimum absolute atomic E-state index is 0.246. The SMILES string of the molecule is O=C1CC2CCCN2c2ccc(Cl)cc21. The number of halogens is 1. The summed E-state index contributed by atoms with van der Waals surface area (Å²) < 4.78 is 0. The highest BCUT2D eigenvalue weighted by Crippen LogP contribution is 2.37. The molecule has 0 aliphatic carbocycles. The molecule has 1 unspecified atom stereocenters. The maximum atomic E-state index is 11.9. The molecule has 1 atom stereocenters. The Labute approximate surface area is 93.8 Å². The van der Waals surface area contributed by atoms with E-state index in [1.54, 1.807) is 6.07 Å². The summed E-state index contributed by atoms with van der Waals surface area (Å²) in [4.78, 5) is 14.2. The monoisotopic (exact) mass is 221 g/mol. The molecule has 15 heavy (non-hydrogen) atoms. The number of fused-ring (bicyclic) bond motifs is 3. The molecule has 0 aromatic heterocycles. The molecule has 2 aliphatic rings. The average molecular weight is 222 g/mol. The van der Waals surface area contributed by atoms with Gasteiger partial charge in [-0.3, -0.25) is 4.79 Å². The van der Waals surface area contributed by atoms with Crippen molar-refractivity contribution >= 4 is 23.1 Å². The van der Waals surface area contributed by atoms with E-state index in [1.165, 1.54) is 6.42 Å². The lowest BCUT2D eigenvalue weighted by Crippen LogP contribution is -2.36. The predicted molar refractivity (Wildman–Crippen MR) is 60.8 cm³/mol. The van der Waals surface area contributed by atoms with Crippen LogP contribution in [0.15, 0.2) is 18.2 Å². The number of ketones is 1. The van der Waals surface area contributed by atoms with Gasteiger partial charge < -0.3 is 4.90 Å². The van der Waals surface area contributed by atoms with Gasteiger partial charge in [0.15, 0.2) is 5.78 Å². The number of nitrogens with zero attached hydrogens (tertiary/aromatic N) is 1. The van der Waals surface area contributed by atoms with E-state index in [4.69, 9.17) is 11.6 Å². The molecule has 1 saturated heterocycles. The molecule has 1 aromatic carbocycles. The summed E-state index contributed by atoms with van der Waals surface area (Å²) in [6, 6.07) is 6.08. The molecule has 3 rings (SSSR count). The zero-order valence-electron chi connectivity index (χ0n) is 8.37. The second-order valence-electron chi connectivity index (χ2n) is 4.28. The van der Waals surface area contributed by atoms with Gasteiger partial charge in [0.1, 0.15) is 0 Å². The Hall–Kier alpha value is -1.02. The third kappa shape index (κ3) is 1.36. The standard InChI is InChI=1S/C12H12ClNO/c13-8-3-4-11-10(6-8)12(15)7-9-2-1-5-14(9)11/h3-4,6,9H,1-2,5,7H2. The summed E-state index contributed by atoms with van der Waals surface area (Å²) >= 11 is 5.91. The second kappa shape index (κ2) is 3.24. The van der Waals surface area contributed by atoms with Gasteiger partial charge in [-0.25, -0.2) is 0 Å². The Bertz CT molecular complexity index is 430. The van der Waals surface area contributed by atoms with Crippen LogP contribution >= 0.6 is 11.6 Å². The molecule has 1 aromatic rings. The molecule has 1 fully saturated rings. The van der Waals surface area contributed by atoms with Crippen LogP contribution < -0.4 is 4.90 Å². The van der Waals surface area contributed by atoms with Gasteiger partial charge in [0.05, 0.1) is 0 Å². The first-order chi connectivity index (χ1) is 7.25. The van der Waals surface area contributed by atoms with Crippen molar-refractivity contribution in [1.29, 1.82) is 0 Å². The van der Waals surface area contributed by atoms with Crippen LogP contribution in [0.2, 0.25) is 5.02 Å². The fraction of sp³-hybridized carbons (Fsp3) is 0.417. The van der Waals surface area contributed by atoms with Crippen molar-refractivity contribution in [3.05, 3.63) is 28.8 Å². The number of hydrogen-bond donors (Lipinski definition) is 0. The van der Waals surface area contributed by atoms with E-state index >= 15 is 0 Å². The van der Waals surface area contributed by atoms with Crippen LogP contribution in [0.3, 0.4) is 0 Å². The van der Waals surface area contributed by atoms with Gasteiger partial charge in [-0.05, 0) is 31.0 Å². The number of rotatable bonds is 0. The summed E-state index contributed by atoms with van der Waals surface area (Å²) in [5, 5.41) is 0.653. The quantitative estimate of drug-likeness (QED) is 0.672. The molecule has 0 amide bonds. The maximum absolute atomic E-state index is 11.9. The minimum atomic E-state index is 0.246. The highest BCUT2D eigenvalue weighted by Gasteiger charge is 2.34. The van der Waals surface area contributed by atoms with E-state index in [1.807, 2.05) is 12.1 Å². The van der Waals surface area contributed by atoms with E-state index in [0.717, 1.165) is 24.2 Å². The minimum Gasteiger partial charge on any atom is -0.368 e. The summed E-state index contributed by atoms with van der Waals surface area (Å²) in [5.41, 5.74) is 1.89. The highest BCUT2D eigenvalue weighted by atomic mass is 35.5. The lowest BCUT2D eigenvalue weighted by Gasteiger charge is -2.32. The van der Waals surface area contributed by atoms with Crippen molar-refractivity contribution in [2.24, 2.45) is 0 Å². The molecule has 3 heteroatoms.